The second-order valence-corrected chi connectivity index (χ2v) is 3.76. The third kappa shape index (κ3) is 2.14. The molecule has 13 heavy (non-hydrogen) atoms. The molecule has 0 aromatic heterocycles. The number of aryl methyl sites for hydroxylation is 1. The van der Waals surface area contributed by atoms with Crippen LogP contribution in [0.4, 0.5) is 11.4 Å². The maximum atomic E-state index is 2.20. The Morgan fingerprint density at radius 1 is 0.923 bits per heavy atom. The first-order chi connectivity index (χ1) is 6.02. The predicted octanol–water partition coefficient (Wildman–Crippen LogP) is 2.13. The van der Waals surface area contributed by atoms with E-state index in [1.807, 2.05) is 0 Å². The van der Waals surface area contributed by atoms with E-state index in [1.165, 1.54) is 16.9 Å². The molecule has 0 aliphatic rings. The summed E-state index contributed by atoms with van der Waals surface area (Å²) in [5, 5.41) is 0. The SMILES string of the molecule is Cc1cc(N(C)C)ccc1N(C)C. The topological polar surface area (TPSA) is 6.48 Å². The molecule has 1 aromatic rings. The standard InChI is InChI=1S/C11H18N2/c1-9-8-10(12(2)3)6-7-11(9)13(4)5/h6-8H,1-5H3. The quantitative estimate of drug-likeness (QED) is 0.684. The maximum Gasteiger partial charge on any atom is 0.0392 e. The summed E-state index contributed by atoms with van der Waals surface area (Å²) >= 11 is 0. The lowest BCUT2D eigenvalue weighted by Gasteiger charge is -2.19. The predicted molar refractivity (Wildman–Crippen MR) is 59.8 cm³/mol. The van der Waals surface area contributed by atoms with Crippen molar-refractivity contribution in [1.82, 2.24) is 0 Å². The molecule has 0 aliphatic carbocycles. The van der Waals surface area contributed by atoms with Crippen molar-refractivity contribution >= 4 is 11.4 Å². The second kappa shape index (κ2) is 3.69. The van der Waals surface area contributed by atoms with Crippen molar-refractivity contribution in [3.05, 3.63) is 23.8 Å². The van der Waals surface area contributed by atoms with Gasteiger partial charge in [-0.3, -0.25) is 0 Å². The zero-order valence-corrected chi connectivity index (χ0v) is 9.13. The van der Waals surface area contributed by atoms with Gasteiger partial charge in [0.1, 0.15) is 0 Å². The highest BCUT2D eigenvalue weighted by Gasteiger charge is 2.02. The molecule has 0 radical (unpaired) electrons. The highest BCUT2D eigenvalue weighted by molar-refractivity contribution is 5.60. The molecular weight excluding hydrogens is 160 g/mol. The van der Waals surface area contributed by atoms with Crippen LogP contribution in [0.3, 0.4) is 0 Å². The fraction of sp³-hybridized carbons (Fsp3) is 0.455. The van der Waals surface area contributed by atoms with E-state index in [4.69, 9.17) is 0 Å². The summed E-state index contributed by atoms with van der Waals surface area (Å²) in [6.45, 7) is 2.14. The Balaban J connectivity index is 3.06. The minimum absolute atomic E-state index is 1.25. The monoisotopic (exact) mass is 178 g/mol. The number of hydrogen-bond acceptors (Lipinski definition) is 2. The van der Waals surface area contributed by atoms with Crippen LogP contribution in [0.15, 0.2) is 18.2 Å². The summed E-state index contributed by atoms with van der Waals surface area (Å²) in [7, 11) is 8.25. The van der Waals surface area contributed by atoms with Gasteiger partial charge in [-0.15, -0.1) is 0 Å². The molecule has 0 fully saturated rings. The Bertz CT molecular complexity index is 290. The second-order valence-electron chi connectivity index (χ2n) is 3.76. The summed E-state index contributed by atoms with van der Waals surface area (Å²) in [6, 6.07) is 6.50. The lowest BCUT2D eigenvalue weighted by atomic mass is 10.1. The number of rotatable bonds is 2. The zero-order valence-electron chi connectivity index (χ0n) is 9.13. The van der Waals surface area contributed by atoms with E-state index in [0.29, 0.717) is 0 Å². The van der Waals surface area contributed by atoms with Crippen LogP contribution in [-0.4, -0.2) is 28.2 Å². The average molecular weight is 178 g/mol. The van der Waals surface area contributed by atoms with Crippen molar-refractivity contribution in [2.24, 2.45) is 0 Å². The van der Waals surface area contributed by atoms with Crippen LogP contribution in [0, 0.1) is 6.92 Å². The fourth-order valence-corrected chi connectivity index (χ4v) is 1.42. The lowest BCUT2D eigenvalue weighted by molar-refractivity contribution is 1.09. The highest BCUT2D eigenvalue weighted by atomic mass is 15.1. The van der Waals surface area contributed by atoms with E-state index >= 15 is 0 Å². The van der Waals surface area contributed by atoms with Crippen LogP contribution < -0.4 is 9.80 Å². The smallest absolute Gasteiger partial charge is 0.0392 e. The largest absolute Gasteiger partial charge is 0.378 e. The van der Waals surface area contributed by atoms with Crippen LogP contribution >= 0.6 is 0 Å². The number of anilines is 2. The van der Waals surface area contributed by atoms with Gasteiger partial charge in [-0.1, -0.05) is 0 Å². The van der Waals surface area contributed by atoms with Crippen LogP contribution in [0.2, 0.25) is 0 Å². The van der Waals surface area contributed by atoms with Gasteiger partial charge in [0, 0.05) is 39.6 Å². The van der Waals surface area contributed by atoms with Gasteiger partial charge >= 0.3 is 0 Å². The normalized spacial score (nSPS) is 9.92. The van der Waals surface area contributed by atoms with Crippen molar-refractivity contribution in [1.29, 1.82) is 0 Å². The van der Waals surface area contributed by atoms with Gasteiger partial charge in [0.25, 0.3) is 0 Å². The van der Waals surface area contributed by atoms with Crippen molar-refractivity contribution in [3.8, 4) is 0 Å². The summed E-state index contributed by atoms with van der Waals surface area (Å²) in [5.41, 5.74) is 3.85. The molecule has 0 bridgehead atoms. The molecule has 0 saturated heterocycles. The highest BCUT2D eigenvalue weighted by Crippen LogP contribution is 2.22. The van der Waals surface area contributed by atoms with E-state index in [0.717, 1.165) is 0 Å². The van der Waals surface area contributed by atoms with Gasteiger partial charge in [0.2, 0.25) is 0 Å². The first-order valence-corrected chi connectivity index (χ1v) is 4.47. The molecule has 0 unspecified atom stereocenters. The molecule has 72 valence electrons. The third-order valence-corrected chi connectivity index (χ3v) is 2.18. The van der Waals surface area contributed by atoms with Crippen molar-refractivity contribution in [3.63, 3.8) is 0 Å². The molecule has 1 rings (SSSR count). The summed E-state index contributed by atoms with van der Waals surface area (Å²) in [6.07, 6.45) is 0. The van der Waals surface area contributed by atoms with E-state index in [9.17, 15) is 0 Å². The number of nitrogens with zero attached hydrogens (tertiary/aromatic N) is 2. The van der Waals surface area contributed by atoms with E-state index in [2.05, 4.69) is 63.1 Å². The number of benzene rings is 1. The average Bonchev–Trinajstić information content (AvgIpc) is 2.03. The molecule has 0 aliphatic heterocycles. The lowest BCUT2D eigenvalue weighted by Crippen LogP contribution is -2.12. The molecule has 0 spiro atoms. The molecular formula is C11H18N2. The summed E-state index contributed by atoms with van der Waals surface area (Å²) in [4.78, 5) is 4.25. The van der Waals surface area contributed by atoms with Crippen molar-refractivity contribution in [2.75, 3.05) is 38.0 Å². The minimum Gasteiger partial charge on any atom is -0.378 e. The van der Waals surface area contributed by atoms with Crippen molar-refractivity contribution in [2.45, 2.75) is 6.92 Å². The van der Waals surface area contributed by atoms with Gasteiger partial charge in [-0.2, -0.15) is 0 Å². The van der Waals surface area contributed by atoms with Crippen molar-refractivity contribution < 1.29 is 0 Å². The minimum atomic E-state index is 1.25. The molecule has 0 amide bonds. The summed E-state index contributed by atoms with van der Waals surface area (Å²) in [5.74, 6) is 0. The number of hydrogen-bond donors (Lipinski definition) is 0. The van der Waals surface area contributed by atoms with Gasteiger partial charge in [0.15, 0.2) is 0 Å². The van der Waals surface area contributed by atoms with Gasteiger partial charge < -0.3 is 9.80 Å². The van der Waals surface area contributed by atoms with Gasteiger partial charge in [0.05, 0.1) is 0 Å². The van der Waals surface area contributed by atoms with Gasteiger partial charge in [-0.05, 0) is 30.7 Å². The van der Waals surface area contributed by atoms with E-state index in [-0.39, 0.29) is 0 Å². The molecule has 0 heterocycles. The summed E-state index contributed by atoms with van der Waals surface area (Å²) < 4.78 is 0. The molecule has 0 N–H and O–H groups in total. The van der Waals surface area contributed by atoms with Crippen LogP contribution in [0.1, 0.15) is 5.56 Å². The first kappa shape index (κ1) is 9.90. The van der Waals surface area contributed by atoms with Gasteiger partial charge in [-0.25, -0.2) is 0 Å². The molecule has 0 saturated carbocycles. The Morgan fingerprint density at radius 2 is 1.54 bits per heavy atom. The Labute approximate surface area is 80.8 Å². The molecule has 1 aromatic carbocycles. The van der Waals surface area contributed by atoms with E-state index < -0.39 is 0 Å². The van der Waals surface area contributed by atoms with Crippen LogP contribution in [-0.2, 0) is 0 Å². The fourth-order valence-electron chi connectivity index (χ4n) is 1.42. The Morgan fingerprint density at radius 3 is 1.92 bits per heavy atom. The molecule has 2 heteroatoms. The molecule has 0 atom stereocenters. The molecule has 2 nitrogen and oxygen atoms in total. The zero-order chi connectivity index (χ0) is 10.0. The van der Waals surface area contributed by atoms with Crippen LogP contribution in [0.25, 0.3) is 0 Å². The first-order valence-electron chi connectivity index (χ1n) is 4.47. The van der Waals surface area contributed by atoms with Crippen LogP contribution in [0.5, 0.6) is 0 Å². The maximum absolute atomic E-state index is 2.20. The Hall–Kier alpha value is -1.18. The van der Waals surface area contributed by atoms with E-state index in [1.54, 1.807) is 0 Å². The Kier molecular flexibility index (Phi) is 2.81. The third-order valence-electron chi connectivity index (χ3n) is 2.18.